The predicted molar refractivity (Wildman–Crippen MR) is 82.5 cm³/mol. The fraction of sp³-hybridized carbons (Fsp3) is 0.538. The number of thioether (sulfide) groups is 1. The van der Waals surface area contributed by atoms with Crippen molar-refractivity contribution in [3.8, 4) is 0 Å². The highest BCUT2D eigenvalue weighted by Gasteiger charge is 2.15. The molecule has 1 unspecified atom stereocenters. The normalized spacial score (nSPS) is 18.8. The van der Waals surface area contributed by atoms with Crippen molar-refractivity contribution in [3.63, 3.8) is 0 Å². The molecular weight excluding hydrogens is 334 g/mol. The van der Waals surface area contributed by atoms with Crippen molar-refractivity contribution in [2.24, 2.45) is 0 Å². The minimum atomic E-state index is -0.472. The Balaban J connectivity index is 1.88. The van der Waals surface area contributed by atoms with Crippen LogP contribution in [0.1, 0.15) is 18.1 Å². The zero-order chi connectivity index (χ0) is 13.0. The zero-order valence-corrected chi connectivity index (χ0v) is 13.3. The largest absolute Gasteiger partial charge is 0.388 e. The van der Waals surface area contributed by atoms with Gasteiger partial charge in [-0.05, 0) is 24.1 Å². The van der Waals surface area contributed by atoms with Crippen LogP contribution < -0.4 is 0 Å². The highest BCUT2D eigenvalue weighted by Crippen LogP contribution is 2.28. The summed E-state index contributed by atoms with van der Waals surface area (Å²) in [7, 11) is 0. The molecular formula is C13H17BrClNOS. The number of rotatable bonds is 4. The van der Waals surface area contributed by atoms with E-state index in [2.05, 4.69) is 20.8 Å². The number of halogens is 2. The summed E-state index contributed by atoms with van der Waals surface area (Å²) in [6.45, 7) is 3.20. The second kappa shape index (κ2) is 7.15. The lowest BCUT2D eigenvalue weighted by Gasteiger charge is -2.27. The molecule has 0 spiro atoms. The lowest BCUT2D eigenvalue weighted by atomic mass is 10.1. The van der Waals surface area contributed by atoms with Crippen LogP contribution in [0, 0.1) is 0 Å². The van der Waals surface area contributed by atoms with Gasteiger partial charge in [-0.2, -0.15) is 11.8 Å². The van der Waals surface area contributed by atoms with Crippen LogP contribution >= 0.6 is 39.3 Å². The lowest BCUT2D eigenvalue weighted by molar-refractivity contribution is 0.145. The minimum absolute atomic E-state index is 0.472. The molecule has 0 bridgehead atoms. The molecule has 1 aliphatic rings. The summed E-state index contributed by atoms with van der Waals surface area (Å²) >= 11 is 11.5. The Morgan fingerprint density at radius 2 is 2.11 bits per heavy atom. The number of benzene rings is 1. The van der Waals surface area contributed by atoms with Crippen LogP contribution in [0.4, 0.5) is 0 Å². The third kappa shape index (κ3) is 4.14. The monoisotopic (exact) mass is 349 g/mol. The third-order valence-corrected chi connectivity index (χ3v) is 4.91. The van der Waals surface area contributed by atoms with Gasteiger partial charge < -0.3 is 10.0 Å². The van der Waals surface area contributed by atoms with Crippen LogP contribution in [0.5, 0.6) is 0 Å². The molecule has 1 fully saturated rings. The SMILES string of the molecule is OC(CCN1CCSCC1)c1ccc(Br)cc1Cl. The Kier molecular flexibility index (Phi) is 5.83. The average Bonchev–Trinajstić information content (AvgIpc) is 2.37. The number of nitrogens with zero attached hydrogens (tertiary/aromatic N) is 1. The third-order valence-electron chi connectivity index (χ3n) is 3.14. The van der Waals surface area contributed by atoms with Crippen LogP contribution in [-0.4, -0.2) is 41.1 Å². The second-order valence-corrected chi connectivity index (χ2v) is 6.97. The number of hydrogen-bond acceptors (Lipinski definition) is 3. The molecule has 0 aliphatic carbocycles. The predicted octanol–water partition coefficient (Wildman–Crippen LogP) is 3.57. The van der Waals surface area contributed by atoms with E-state index in [1.807, 2.05) is 30.0 Å². The molecule has 5 heteroatoms. The molecule has 1 atom stereocenters. The van der Waals surface area contributed by atoms with Gasteiger partial charge in [0, 0.05) is 40.6 Å². The smallest absolute Gasteiger partial charge is 0.0816 e. The van der Waals surface area contributed by atoms with Gasteiger partial charge in [0.2, 0.25) is 0 Å². The first-order valence-corrected chi connectivity index (χ1v) is 8.42. The molecule has 18 heavy (non-hydrogen) atoms. The summed E-state index contributed by atoms with van der Waals surface area (Å²) in [5, 5.41) is 10.8. The van der Waals surface area contributed by atoms with E-state index in [4.69, 9.17) is 11.6 Å². The van der Waals surface area contributed by atoms with Crippen LogP contribution in [-0.2, 0) is 0 Å². The first-order valence-electron chi connectivity index (χ1n) is 6.10. The first-order chi connectivity index (χ1) is 8.66. The van der Waals surface area contributed by atoms with Gasteiger partial charge in [0.05, 0.1) is 6.10 Å². The van der Waals surface area contributed by atoms with Crippen molar-refractivity contribution >= 4 is 39.3 Å². The van der Waals surface area contributed by atoms with E-state index in [0.29, 0.717) is 5.02 Å². The summed E-state index contributed by atoms with van der Waals surface area (Å²) in [6.07, 6.45) is 0.270. The summed E-state index contributed by atoms with van der Waals surface area (Å²) < 4.78 is 0.941. The summed E-state index contributed by atoms with van der Waals surface area (Å²) in [4.78, 5) is 2.41. The van der Waals surface area contributed by atoms with E-state index in [-0.39, 0.29) is 0 Å². The maximum Gasteiger partial charge on any atom is 0.0816 e. The molecule has 1 aromatic rings. The van der Waals surface area contributed by atoms with Gasteiger partial charge in [-0.25, -0.2) is 0 Å². The van der Waals surface area contributed by atoms with Crippen molar-refractivity contribution in [1.82, 2.24) is 4.90 Å². The van der Waals surface area contributed by atoms with Crippen LogP contribution in [0.2, 0.25) is 5.02 Å². The second-order valence-electron chi connectivity index (χ2n) is 4.42. The molecule has 1 heterocycles. The highest BCUT2D eigenvalue weighted by atomic mass is 79.9. The summed E-state index contributed by atoms with van der Waals surface area (Å²) in [5.74, 6) is 2.41. The van der Waals surface area contributed by atoms with Gasteiger partial charge in [0.1, 0.15) is 0 Å². The molecule has 2 nitrogen and oxygen atoms in total. The van der Waals surface area contributed by atoms with E-state index < -0.39 is 6.10 Å². The topological polar surface area (TPSA) is 23.5 Å². The average molecular weight is 351 g/mol. The van der Waals surface area contributed by atoms with Crippen molar-refractivity contribution in [1.29, 1.82) is 0 Å². The van der Waals surface area contributed by atoms with Gasteiger partial charge in [0.25, 0.3) is 0 Å². The molecule has 0 saturated carbocycles. The van der Waals surface area contributed by atoms with Gasteiger partial charge in [0.15, 0.2) is 0 Å². The molecule has 0 amide bonds. The minimum Gasteiger partial charge on any atom is -0.388 e. The molecule has 0 radical (unpaired) electrons. The van der Waals surface area contributed by atoms with E-state index in [1.54, 1.807) is 0 Å². The molecule has 100 valence electrons. The Morgan fingerprint density at radius 3 is 2.78 bits per heavy atom. The van der Waals surface area contributed by atoms with Gasteiger partial charge >= 0.3 is 0 Å². The van der Waals surface area contributed by atoms with Crippen molar-refractivity contribution < 1.29 is 5.11 Å². The van der Waals surface area contributed by atoms with Crippen molar-refractivity contribution in [2.45, 2.75) is 12.5 Å². The molecule has 1 saturated heterocycles. The number of aliphatic hydroxyl groups is 1. The lowest BCUT2D eigenvalue weighted by Crippen LogP contribution is -2.34. The van der Waals surface area contributed by atoms with E-state index >= 15 is 0 Å². The Labute approximate surface area is 126 Å². The molecule has 0 aromatic heterocycles. The first kappa shape index (κ1) is 14.7. The molecule has 2 rings (SSSR count). The highest BCUT2D eigenvalue weighted by molar-refractivity contribution is 9.10. The summed E-state index contributed by atoms with van der Waals surface area (Å²) in [5.41, 5.74) is 0.825. The molecule has 1 N–H and O–H groups in total. The van der Waals surface area contributed by atoms with Crippen molar-refractivity contribution in [2.75, 3.05) is 31.1 Å². The van der Waals surface area contributed by atoms with E-state index in [1.165, 1.54) is 11.5 Å². The van der Waals surface area contributed by atoms with Crippen LogP contribution in [0.3, 0.4) is 0 Å². The summed E-state index contributed by atoms with van der Waals surface area (Å²) in [6, 6.07) is 5.64. The van der Waals surface area contributed by atoms with Crippen molar-refractivity contribution in [3.05, 3.63) is 33.3 Å². The fourth-order valence-electron chi connectivity index (χ4n) is 2.06. The standard InChI is InChI=1S/C13H17BrClNOS/c14-10-1-2-11(12(15)9-10)13(17)3-4-16-5-7-18-8-6-16/h1-2,9,13,17H,3-8H2. The van der Waals surface area contributed by atoms with Gasteiger partial charge in [-0.3, -0.25) is 0 Å². The molecule has 1 aromatic carbocycles. The van der Waals surface area contributed by atoms with Crippen LogP contribution in [0.25, 0.3) is 0 Å². The maximum absolute atomic E-state index is 10.2. The number of aliphatic hydroxyl groups excluding tert-OH is 1. The Hall–Kier alpha value is 0.260. The quantitative estimate of drug-likeness (QED) is 0.898. The van der Waals surface area contributed by atoms with E-state index in [0.717, 1.165) is 36.1 Å². The fourth-order valence-corrected chi connectivity index (χ4v) is 3.83. The number of hydrogen-bond donors (Lipinski definition) is 1. The van der Waals surface area contributed by atoms with E-state index in [9.17, 15) is 5.11 Å². The van der Waals surface area contributed by atoms with Gasteiger partial charge in [-0.15, -0.1) is 0 Å². The van der Waals surface area contributed by atoms with Crippen LogP contribution in [0.15, 0.2) is 22.7 Å². The Morgan fingerprint density at radius 1 is 1.39 bits per heavy atom. The van der Waals surface area contributed by atoms with Gasteiger partial charge in [-0.1, -0.05) is 33.6 Å². The molecule has 1 aliphatic heterocycles. The Bertz CT molecular complexity index is 399. The zero-order valence-electron chi connectivity index (χ0n) is 10.1. The maximum atomic E-state index is 10.2.